The summed E-state index contributed by atoms with van der Waals surface area (Å²) in [6, 6.07) is 0. The molecule has 0 aromatic carbocycles. The zero-order valence-corrected chi connectivity index (χ0v) is 19.5. The molecule has 0 saturated carbocycles. The number of unbranched alkanes of at least 4 members (excludes halogenated alkanes) is 12. The van der Waals surface area contributed by atoms with Gasteiger partial charge in [0.05, 0.1) is 6.61 Å². The van der Waals surface area contributed by atoms with E-state index >= 15 is 0 Å². The fourth-order valence-electron chi connectivity index (χ4n) is 2.50. The summed E-state index contributed by atoms with van der Waals surface area (Å²) in [4.78, 5) is 17.1. The van der Waals surface area contributed by atoms with Crippen molar-refractivity contribution in [3.05, 3.63) is 12.2 Å². The van der Waals surface area contributed by atoms with Crippen LogP contribution in [-0.2, 0) is 4.52 Å². The summed E-state index contributed by atoms with van der Waals surface area (Å²) < 4.78 is 4.73. The van der Waals surface area contributed by atoms with Crippen LogP contribution in [0.4, 0.5) is 0 Å². The summed E-state index contributed by atoms with van der Waals surface area (Å²) in [5, 5.41) is 0. The summed E-state index contributed by atoms with van der Waals surface area (Å²) in [7, 11) is -2.15. The van der Waals surface area contributed by atoms with E-state index in [9.17, 15) is 0 Å². The minimum atomic E-state index is -2.15. The second kappa shape index (κ2) is 23.7. The van der Waals surface area contributed by atoms with E-state index in [0.717, 1.165) is 12.8 Å². The van der Waals surface area contributed by atoms with Gasteiger partial charge in [-0.25, -0.2) is 0 Å². The van der Waals surface area contributed by atoms with Gasteiger partial charge in [-0.3, -0.25) is 0 Å². The molecule has 2 N–H and O–H groups in total. The molecule has 0 aromatic heterocycles. The molecule has 0 amide bonds. The molecule has 3 nitrogen and oxygen atoms in total. The van der Waals surface area contributed by atoms with Gasteiger partial charge < -0.3 is 15.7 Å². The fraction of sp³-hybridized carbons (Fsp3) is 0.889. The Balaban J connectivity index is -0.00000220. The molecule has 0 unspecified atom stereocenters. The summed E-state index contributed by atoms with van der Waals surface area (Å²) in [5.74, 6) is 0. The van der Waals surface area contributed by atoms with Crippen LogP contribution in [0.25, 0.3) is 0 Å². The first-order chi connectivity index (χ1) is 10.8. The van der Waals surface area contributed by atoms with E-state index in [1.165, 1.54) is 77.0 Å². The number of allylic oxidation sites excluding steroid dienone is 2. The van der Waals surface area contributed by atoms with E-state index in [0.29, 0.717) is 6.61 Å². The van der Waals surface area contributed by atoms with E-state index in [1.54, 1.807) is 0 Å². The largest absolute Gasteiger partial charge is 1.00 e. The molecule has 0 aliphatic carbocycles. The Bertz CT molecular complexity index is 244. The van der Waals surface area contributed by atoms with Crippen molar-refractivity contribution in [2.24, 2.45) is 0 Å². The van der Waals surface area contributed by atoms with Gasteiger partial charge in [0.15, 0.2) is 0 Å². The van der Waals surface area contributed by atoms with E-state index < -0.39 is 8.60 Å². The molecular weight excluding hydrogens is 334 g/mol. The van der Waals surface area contributed by atoms with Gasteiger partial charge in [-0.2, -0.15) is 0 Å². The molecule has 0 fully saturated rings. The van der Waals surface area contributed by atoms with Crippen molar-refractivity contribution in [1.29, 1.82) is 0 Å². The molecule has 0 rings (SSSR count). The van der Waals surface area contributed by atoms with Crippen LogP contribution in [0.2, 0.25) is 0 Å². The van der Waals surface area contributed by atoms with Crippen LogP contribution >= 0.6 is 8.60 Å². The van der Waals surface area contributed by atoms with Gasteiger partial charge in [0.25, 0.3) is 0 Å². The van der Waals surface area contributed by atoms with Gasteiger partial charge in [-0.05, 0) is 32.1 Å². The van der Waals surface area contributed by atoms with Crippen LogP contribution in [0.1, 0.15) is 98.2 Å². The Kier molecular flexibility index (Phi) is 27.7. The molecule has 0 saturated heterocycles. The summed E-state index contributed by atoms with van der Waals surface area (Å²) in [6.07, 6.45) is 22.6. The Morgan fingerprint density at radius 2 is 1.17 bits per heavy atom. The predicted molar refractivity (Wildman–Crippen MR) is 97.9 cm³/mol. The van der Waals surface area contributed by atoms with Crippen molar-refractivity contribution in [2.45, 2.75) is 96.8 Å². The van der Waals surface area contributed by atoms with Crippen molar-refractivity contribution in [1.82, 2.24) is 0 Å². The van der Waals surface area contributed by atoms with Crippen LogP contribution in [-0.4, -0.2) is 16.4 Å². The number of hydrogen-bond acceptors (Lipinski definition) is 3. The first kappa shape index (κ1) is 26.9. The molecule has 134 valence electrons. The van der Waals surface area contributed by atoms with Crippen LogP contribution in [0.15, 0.2) is 12.2 Å². The Labute approximate surface area is 189 Å². The van der Waals surface area contributed by atoms with E-state index in [-0.39, 0.29) is 52.8 Å². The quantitative estimate of drug-likeness (QED) is 0.178. The van der Waals surface area contributed by atoms with Crippen LogP contribution < -0.4 is 51.4 Å². The standard InChI is InChI=1S/C18H37O3P.K.H/c1-2-3-4-5-6-7-8-9-10-11-12-13-14-15-16-17-18-21-22(19)20;;/h9-10,19-20H,2-8,11-18H2,1H3;;/q;+1;-1/b10-9-;;. The predicted octanol–water partition coefficient (Wildman–Crippen LogP) is 3.37. The van der Waals surface area contributed by atoms with E-state index in [4.69, 9.17) is 14.3 Å². The van der Waals surface area contributed by atoms with Crippen molar-refractivity contribution in [2.75, 3.05) is 6.61 Å². The maximum Gasteiger partial charge on any atom is 1.00 e. The van der Waals surface area contributed by atoms with Crippen molar-refractivity contribution < 1.29 is 67.1 Å². The molecule has 0 spiro atoms. The minimum Gasteiger partial charge on any atom is -1.00 e. The second-order valence-corrected chi connectivity index (χ2v) is 6.79. The van der Waals surface area contributed by atoms with E-state index in [2.05, 4.69) is 19.1 Å². The zero-order chi connectivity index (χ0) is 16.3. The molecular formula is C18H38KO3P. The smallest absolute Gasteiger partial charge is 1.00 e. The van der Waals surface area contributed by atoms with E-state index in [1.807, 2.05) is 0 Å². The zero-order valence-electron chi connectivity index (χ0n) is 16.5. The summed E-state index contributed by atoms with van der Waals surface area (Å²) >= 11 is 0. The third-order valence-corrected chi connectivity index (χ3v) is 4.28. The summed E-state index contributed by atoms with van der Waals surface area (Å²) in [5.41, 5.74) is 0. The average Bonchev–Trinajstić information content (AvgIpc) is 2.50. The van der Waals surface area contributed by atoms with Gasteiger partial charge >= 0.3 is 60.0 Å². The average molecular weight is 373 g/mol. The van der Waals surface area contributed by atoms with Crippen LogP contribution in [0, 0.1) is 0 Å². The molecule has 0 atom stereocenters. The minimum absolute atomic E-state index is 0. The molecule has 0 heterocycles. The topological polar surface area (TPSA) is 49.7 Å². The van der Waals surface area contributed by atoms with Gasteiger partial charge in [0.1, 0.15) is 0 Å². The third kappa shape index (κ3) is 26.0. The van der Waals surface area contributed by atoms with Gasteiger partial charge in [0.2, 0.25) is 0 Å². The monoisotopic (exact) mass is 372 g/mol. The first-order valence-electron chi connectivity index (χ1n) is 9.23. The molecule has 0 aromatic rings. The summed E-state index contributed by atoms with van der Waals surface area (Å²) in [6.45, 7) is 2.74. The molecule has 0 bridgehead atoms. The van der Waals surface area contributed by atoms with Gasteiger partial charge in [0, 0.05) is 0 Å². The van der Waals surface area contributed by atoms with Crippen molar-refractivity contribution in [3.8, 4) is 0 Å². The Hall–Kier alpha value is 1.69. The maximum absolute atomic E-state index is 8.57. The van der Waals surface area contributed by atoms with Gasteiger partial charge in [-0.15, -0.1) is 0 Å². The first-order valence-corrected chi connectivity index (χ1v) is 10.4. The number of rotatable bonds is 17. The number of hydrogen-bond donors (Lipinski definition) is 2. The molecule has 0 aliphatic heterocycles. The molecule has 0 aliphatic rings. The second-order valence-electron chi connectivity index (χ2n) is 6.02. The normalized spacial score (nSPS) is 11.3. The molecule has 5 heteroatoms. The van der Waals surface area contributed by atoms with Crippen LogP contribution in [0.3, 0.4) is 0 Å². The maximum atomic E-state index is 8.57. The third-order valence-electron chi connectivity index (χ3n) is 3.86. The van der Waals surface area contributed by atoms with Crippen molar-refractivity contribution in [3.63, 3.8) is 0 Å². The molecule has 23 heavy (non-hydrogen) atoms. The van der Waals surface area contributed by atoms with Gasteiger partial charge in [-0.1, -0.05) is 76.9 Å². The fourth-order valence-corrected chi connectivity index (χ4v) is 2.79. The van der Waals surface area contributed by atoms with Crippen molar-refractivity contribution >= 4 is 8.60 Å². The Morgan fingerprint density at radius 1 is 0.739 bits per heavy atom. The molecule has 0 radical (unpaired) electrons. The SMILES string of the molecule is CCCCCCCC/C=C\CCCCCCCCOP(O)O.[H-].[K+]. The Morgan fingerprint density at radius 3 is 1.65 bits per heavy atom. The van der Waals surface area contributed by atoms with Crippen LogP contribution in [0.5, 0.6) is 0 Å².